The van der Waals surface area contributed by atoms with Crippen LogP contribution < -0.4 is 0 Å². The van der Waals surface area contributed by atoms with Crippen LogP contribution in [-0.4, -0.2) is 109 Å². The molecule has 0 aromatic rings. The molecule has 12 heteroatoms. The van der Waals surface area contributed by atoms with Crippen molar-refractivity contribution < 1.29 is 35.5 Å². The number of esters is 1. The van der Waals surface area contributed by atoms with E-state index >= 15 is 0 Å². The molecule has 0 aliphatic heterocycles. The third-order valence-corrected chi connectivity index (χ3v) is 6.86. The molecule has 0 saturated heterocycles. The Morgan fingerprint density at radius 2 is 1.09 bits per heavy atom. The van der Waals surface area contributed by atoms with Crippen molar-refractivity contribution in [3.63, 3.8) is 0 Å². The van der Waals surface area contributed by atoms with E-state index in [9.17, 15) is 26.2 Å². The summed E-state index contributed by atoms with van der Waals surface area (Å²) >= 11 is 0. The zero-order valence-corrected chi connectivity index (χ0v) is 25.9. The Morgan fingerprint density at radius 3 is 1.44 bits per heavy atom. The van der Waals surface area contributed by atoms with Crippen molar-refractivity contribution in [2.24, 2.45) is 0 Å². The topological polar surface area (TPSA) is 135 Å². The standard InChI is InChI=1S/C20H40O8S2.2Na/c1-2-3-4-5-6-7-8-9-10-11-12-13-14-15-16-19(30(25,26)27)20(21)28-17-18-29(22,23)24;;/h19H,2-18H2,1H3,(H,22,23,24)(H,25,26,27);;. The Hall–Kier alpha value is 1.29. The Labute approximate surface area is 239 Å². The SMILES string of the molecule is CCCCCCCCCCCCCCCCC(C(=O)OCCS(=O)(=O)O)S(=O)(=O)O.[Na].[Na]. The van der Waals surface area contributed by atoms with E-state index in [4.69, 9.17) is 4.55 Å². The fourth-order valence-electron chi connectivity index (χ4n) is 3.25. The van der Waals surface area contributed by atoms with Crippen LogP contribution >= 0.6 is 0 Å². The van der Waals surface area contributed by atoms with Crippen molar-refractivity contribution in [2.75, 3.05) is 12.4 Å². The van der Waals surface area contributed by atoms with Crippen LogP contribution in [0.1, 0.15) is 103 Å². The van der Waals surface area contributed by atoms with Crippen molar-refractivity contribution in [1.29, 1.82) is 0 Å². The van der Waals surface area contributed by atoms with Gasteiger partial charge in [-0.05, 0) is 6.42 Å². The maximum absolute atomic E-state index is 11.8. The Kier molecular flexibility index (Phi) is 26.9. The maximum atomic E-state index is 11.8. The number of hydrogen-bond acceptors (Lipinski definition) is 6. The van der Waals surface area contributed by atoms with E-state index in [1.807, 2.05) is 0 Å². The fourth-order valence-corrected chi connectivity index (χ4v) is 4.32. The number of ether oxygens (including phenoxy) is 1. The van der Waals surface area contributed by atoms with Gasteiger partial charge in [-0.25, -0.2) is 0 Å². The zero-order chi connectivity index (χ0) is 22.9. The molecule has 1 atom stereocenters. The molecule has 0 amide bonds. The van der Waals surface area contributed by atoms with Crippen molar-refractivity contribution in [3.05, 3.63) is 0 Å². The van der Waals surface area contributed by atoms with E-state index in [-0.39, 0.29) is 65.5 Å². The second kappa shape index (κ2) is 22.7. The van der Waals surface area contributed by atoms with Gasteiger partial charge in [0, 0.05) is 59.1 Å². The first-order valence-corrected chi connectivity index (χ1v) is 14.3. The van der Waals surface area contributed by atoms with E-state index in [0.717, 1.165) is 25.7 Å². The number of rotatable bonds is 20. The Morgan fingerprint density at radius 1 is 0.719 bits per heavy atom. The van der Waals surface area contributed by atoms with Crippen molar-refractivity contribution >= 4 is 85.3 Å². The summed E-state index contributed by atoms with van der Waals surface area (Å²) in [5.41, 5.74) is 0. The minimum Gasteiger partial charge on any atom is -0.463 e. The van der Waals surface area contributed by atoms with E-state index in [1.54, 1.807) is 0 Å². The first kappa shape index (κ1) is 37.8. The molecule has 0 aromatic heterocycles. The Bertz CT molecular complexity index is 655. The van der Waals surface area contributed by atoms with Gasteiger partial charge in [0.15, 0.2) is 5.25 Å². The first-order chi connectivity index (χ1) is 14.1. The van der Waals surface area contributed by atoms with Gasteiger partial charge in [-0.2, -0.15) is 16.8 Å². The summed E-state index contributed by atoms with van der Waals surface area (Å²) in [6, 6.07) is 0. The predicted molar refractivity (Wildman–Crippen MR) is 129 cm³/mol. The fraction of sp³-hybridized carbons (Fsp3) is 0.950. The molecule has 0 rings (SSSR count). The molecule has 0 heterocycles. The zero-order valence-electron chi connectivity index (χ0n) is 20.3. The van der Waals surface area contributed by atoms with Crippen LogP contribution in [0.3, 0.4) is 0 Å². The van der Waals surface area contributed by atoms with Gasteiger partial charge in [0.1, 0.15) is 12.4 Å². The van der Waals surface area contributed by atoms with Gasteiger partial charge in [0.2, 0.25) is 0 Å². The molecule has 0 fully saturated rings. The van der Waals surface area contributed by atoms with Crippen LogP contribution in [0, 0.1) is 0 Å². The molecule has 1 unspecified atom stereocenters. The second-order valence-electron chi connectivity index (χ2n) is 7.84. The molecular weight excluding hydrogens is 478 g/mol. The summed E-state index contributed by atoms with van der Waals surface area (Å²) in [6.07, 6.45) is 15.8. The van der Waals surface area contributed by atoms with Crippen molar-refractivity contribution in [1.82, 2.24) is 0 Å². The van der Waals surface area contributed by atoms with Gasteiger partial charge in [-0.15, -0.1) is 0 Å². The van der Waals surface area contributed by atoms with Gasteiger partial charge in [-0.3, -0.25) is 13.9 Å². The van der Waals surface area contributed by atoms with Gasteiger partial charge in [0.25, 0.3) is 20.2 Å². The summed E-state index contributed by atoms with van der Waals surface area (Å²) in [6.45, 7) is 1.56. The van der Waals surface area contributed by atoms with E-state index in [0.29, 0.717) is 6.42 Å². The Balaban J connectivity index is -0.00000420. The summed E-state index contributed by atoms with van der Waals surface area (Å²) in [7, 11) is -8.95. The molecule has 8 nitrogen and oxygen atoms in total. The number of carbonyl (C=O) groups is 1. The summed E-state index contributed by atoms with van der Waals surface area (Å²) in [5, 5.41) is -1.73. The van der Waals surface area contributed by atoms with E-state index in [1.165, 1.54) is 57.8 Å². The van der Waals surface area contributed by atoms with Gasteiger partial charge < -0.3 is 4.74 Å². The molecule has 0 aliphatic rings. The number of unbranched alkanes of at least 4 members (excludes halogenated alkanes) is 13. The molecule has 0 bridgehead atoms. The van der Waals surface area contributed by atoms with Crippen LogP contribution in [0.5, 0.6) is 0 Å². The molecule has 2 radical (unpaired) electrons. The monoisotopic (exact) mass is 518 g/mol. The van der Waals surface area contributed by atoms with Crippen LogP contribution in [0.4, 0.5) is 0 Å². The first-order valence-electron chi connectivity index (χ1n) is 11.2. The molecule has 2 N–H and O–H groups in total. The van der Waals surface area contributed by atoms with Gasteiger partial charge in [0.05, 0.1) is 0 Å². The molecule has 0 saturated carbocycles. The van der Waals surface area contributed by atoms with Crippen LogP contribution in [-0.2, 0) is 29.8 Å². The molecular formula is C20H40Na2O8S2. The minimum atomic E-state index is -4.63. The molecule has 0 aliphatic carbocycles. The normalized spacial score (nSPS) is 12.5. The van der Waals surface area contributed by atoms with Gasteiger partial charge in [-0.1, -0.05) is 96.8 Å². The molecule has 0 spiro atoms. The minimum absolute atomic E-state index is 0. The quantitative estimate of drug-likeness (QED) is 0.108. The third kappa shape index (κ3) is 24.4. The van der Waals surface area contributed by atoms with Crippen LogP contribution in [0.15, 0.2) is 0 Å². The van der Waals surface area contributed by atoms with Crippen molar-refractivity contribution in [3.8, 4) is 0 Å². The third-order valence-electron chi connectivity index (χ3n) is 5.03. The molecule has 182 valence electrons. The number of carbonyl (C=O) groups excluding carboxylic acids is 1. The summed E-state index contributed by atoms with van der Waals surface area (Å²) < 4.78 is 66.3. The second-order valence-corrected chi connectivity index (χ2v) is 11.0. The average Bonchev–Trinajstić information content (AvgIpc) is 2.62. The van der Waals surface area contributed by atoms with E-state index < -0.39 is 43.8 Å². The van der Waals surface area contributed by atoms with Gasteiger partial charge >= 0.3 is 5.97 Å². The largest absolute Gasteiger partial charge is 0.463 e. The van der Waals surface area contributed by atoms with Crippen molar-refractivity contribution in [2.45, 2.75) is 108 Å². The van der Waals surface area contributed by atoms with Crippen LogP contribution in [0.25, 0.3) is 0 Å². The summed E-state index contributed by atoms with van der Waals surface area (Å²) in [4.78, 5) is 11.8. The maximum Gasteiger partial charge on any atom is 0.326 e. The molecule has 0 aromatic carbocycles. The summed E-state index contributed by atoms with van der Waals surface area (Å²) in [5.74, 6) is -2.02. The molecule has 32 heavy (non-hydrogen) atoms. The predicted octanol–water partition coefficient (Wildman–Crippen LogP) is 3.78. The van der Waals surface area contributed by atoms with Crippen LogP contribution in [0.2, 0.25) is 0 Å². The smallest absolute Gasteiger partial charge is 0.326 e. The number of hydrogen-bond donors (Lipinski definition) is 2. The average molecular weight is 519 g/mol. The van der Waals surface area contributed by atoms with E-state index in [2.05, 4.69) is 11.7 Å².